The topological polar surface area (TPSA) is 127 Å². The summed E-state index contributed by atoms with van der Waals surface area (Å²) in [6.07, 6.45) is 7.70. The van der Waals surface area contributed by atoms with Crippen molar-refractivity contribution in [3.8, 4) is 5.75 Å². The molecule has 3 aromatic rings. The van der Waals surface area contributed by atoms with E-state index in [-0.39, 0.29) is 17.6 Å². The van der Waals surface area contributed by atoms with Crippen molar-refractivity contribution in [3.63, 3.8) is 0 Å². The number of nitrogens with zero attached hydrogens (tertiary/aromatic N) is 3. The third kappa shape index (κ3) is 4.08. The van der Waals surface area contributed by atoms with Crippen LogP contribution in [0.1, 0.15) is 62.0 Å². The second-order valence-corrected chi connectivity index (χ2v) is 9.16. The van der Waals surface area contributed by atoms with E-state index in [1.807, 2.05) is 29.9 Å². The summed E-state index contributed by atoms with van der Waals surface area (Å²) in [5, 5.41) is 29.4. The zero-order valence-electron chi connectivity index (χ0n) is 18.7. The molecule has 0 saturated heterocycles. The van der Waals surface area contributed by atoms with Crippen LogP contribution in [0, 0.1) is 5.92 Å². The lowest BCUT2D eigenvalue weighted by Crippen LogP contribution is -2.42. The fourth-order valence-electron chi connectivity index (χ4n) is 4.90. The largest absolute Gasteiger partial charge is 0.492 e. The van der Waals surface area contributed by atoms with E-state index in [0.717, 1.165) is 49.4 Å². The molecular formula is C24H30N5O4+. The average Bonchev–Trinajstić information content (AvgIpc) is 3.58. The maximum absolute atomic E-state index is 12.8. The molecule has 0 spiro atoms. The second-order valence-electron chi connectivity index (χ2n) is 9.16. The number of nitrogens with two attached hydrogens (primary N) is 1. The molecule has 9 heteroatoms. The predicted molar refractivity (Wildman–Crippen MR) is 122 cm³/mol. The highest BCUT2D eigenvalue weighted by Gasteiger charge is 2.45. The van der Waals surface area contributed by atoms with Crippen molar-refractivity contribution in [2.75, 3.05) is 17.7 Å². The molecule has 0 aliphatic heterocycles. The Hall–Kier alpha value is -3.33. The zero-order chi connectivity index (χ0) is 23.2. The van der Waals surface area contributed by atoms with Crippen molar-refractivity contribution in [2.24, 2.45) is 5.92 Å². The highest BCUT2D eigenvalue weighted by atomic mass is 16.5. The highest BCUT2D eigenvalue weighted by Crippen LogP contribution is 2.49. The number of pyridine rings is 1. The number of amides is 1. The lowest BCUT2D eigenvalue weighted by Gasteiger charge is -2.36. The molecule has 5 N–H and O–H groups in total. The Morgan fingerprint density at radius 1 is 1.30 bits per heavy atom. The molecule has 9 nitrogen and oxygen atoms in total. The van der Waals surface area contributed by atoms with Crippen molar-refractivity contribution in [3.05, 3.63) is 42.2 Å². The number of nitrogens with one attached hydrogen (secondary N) is 1. The number of hydrogen-bond acceptors (Lipinski definition) is 6. The number of fused-ring (bicyclic) bond motifs is 1. The first-order chi connectivity index (χ1) is 15.9. The Kier molecular flexibility index (Phi) is 5.36. The van der Waals surface area contributed by atoms with Crippen LogP contribution in [0.15, 0.2) is 36.5 Å². The molecule has 0 radical (unpaired) electrons. The van der Waals surface area contributed by atoms with E-state index in [9.17, 15) is 15.1 Å². The number of rotatable bonds is 6. The maximum Gasteiger partial charge on any atom is 0.312 e. The van der Waals surface area contributed by atoms with Gasteiger partial charge in [0, 0.05) is 23.7 Å². The van der Waals surface area contributed by atoms with Crippen LogP contribution in [0.5, 0.6) is 5.75 Å². The Morgan fingerprint density at radius 2 is 2.06 bits per heavy atom. The fourth-order valence-corrected chi connectivity index (χ4v) is 4.90. The minimum absolute atomic E-state index is 0.0126. The van der Waals surface area contributed by atoms with Crippen LogP contribution in [0.4, 0.5) is 11.5 Å². The van der Waals surface area contributed by atoms with E-state index in [4.69, 9.17) is 15.6 Å². The molecule has 0 bridgehead atoms. The molecule has 1 amide bonds. The van der Waals surface area contributed by atoms with Crippen molar-refractivity contribution in [1.82, 2.24) is 9.78 Å². The van der Waals surface area contributed by atoms with E-state index in [2.05, 4.69) is 5.32 Å². The van der Waals surface area contributed by atoms with Crippen LogP contribution in [0.25, 0.3) is 10.9 Å². The number of nitrogen functional groups attached to an aromatic ring is 1. The van der Waals surface area contributed by atoms with E-state index >= 15 is 0 Å². The Bertz CT molecular complexity index is 1200. The van der Waals surface area contributed by atoms with Gasteiger partial charge in [0.15, 0.2) is 0 Å². The summed E-state index contributed by atoms with van der Waals surface area (Å²) in [5.41, 5.74) is 6.48. The fraction of sp³-hybridized carbons (Fsp3) is 0.458. The molecule has 5 rings (SSSR count). The summed E-state index contributed by atoms with van der Waals surface area (Å²) < 4.78 is 8.40. The van der Waals surface area contributed by atoms with Crippen molar-refractivity contribution < 1.29 is 24.6 Å². The molecule has 1 aromatic carbocycles. The number of ether oxygens (including phenoxy) is 1. The summed E-state index contributed by atoms with van der Waals surface area (Å²) >= 11 is 0. The average molecular weight is 453 g/mol. The minimum Gasteiger partial charge on any atom is -0.492 e. The molecule has 2 aliphatic rings. The van der Waals surface area contributed by atoms with Gasteiger partial charge in [0.05, 0.1) is 29.5 Å². The monoisotopic (exact) mass is 452 g/mol. The number of aliphatic hydroxyl groups is 1. The van der Waals surface area contributed by atoms with Gasteiger partial charge in [-0.25, -0.2) is 0 Å². The molecule has 0 atom stereocenters. The smallest absolute Gasteiger partial charge is 0.312 e. The molecule has 0 unspecified atom stereocenters. The number of carbonyl (C=O) groups excluding carboxylic acids is 1. The van der Waals surface area contributed by atoms with Gasteiger partial charge in [0.25, 0.3) is 5.91 Å². The summed E-state index contributed by atoms with van der Waals surface area (Å²) in [7, 11) is 0. The molecule has 2 heterocycles. The van der Waals surface area contributed by atoms with Gasteiger partial charge in [0.2, 0.25) is 5.69 Å². The van der Waals surface area contributed by atoms with Crippen LogP contribution >= 0.6 is 0 Å². The van der Waals surface area contributed by atoms with E-state index in [1.165, 1.54) is 12.1 Å². The molecule has 174 valence electrons. The van der Waals surface area contributed by atoms with Gasteiger partial charge in [-0.05, 0) is 74.3 Å². The first kappa shape index (κ1) is 21.5. The van der Waals surface area contributed by atoms with Crippen LogP contribution < -0.4 is 20.5 Å². The van der Waals surface area contributed by atoms with Crippen molar-refractivity contribution in [1.29, 1.82) is 0 Å². The van der Waals surface area contributed by atoms with E-state index in [0.29, 0.717) is 28.7 Å². The lowest BCUT2D eigenvalue weighted by molar-refractivity contribution is -0.894. The number of anilines is 2. The number of hydrogen-bond donors (Lipinski definition) is 4. The summed E-state index contributed by atoms with van der Waals surface area (Å²) in [6.45, 7) is 2.30. The van der Waals surface area contributed by atoms with Crippen LogP contribution in [0.2, 0.25) is 0 Å². The number of carbonyl (C=O) groups is 1. The van der Waals surface area contributed by atoms with Gasteiger partial charge >= 0.3 is 5.82 Å². The van der Waals surface area contributed by atoms with E-state index < -0.39 is 11.5 Å². The van der Waals surface area contributed by atoms with Crippen LogP contribution in [-0.2, 0) is 0 Å². The normalized spacial score (nSPS) is 22.9. The van der Waals surface area contributed by atoms with Crippen LogP contribution in [-0.4, -0.2) is 38.2 Å². The van der Waals surface area contributed by atoms with Crippen LogP contribution in [0.3, 0.4) is 0 Å². The molecular weight excluding hydrogens is 422 g/mol. The first-order valence-electron chi connectivity index (χ1n) is 11.6. The molecule has 2 fully saturated rings. The Morgan fingerprint density at radius 3 is 2.76 bits per heavy atom. The van der Waals surface area contributed by atoms with Crippen molar-refractivity contribution in [2.45, 2.75) is 57.1 Å². The number of aromatic nitrogens is 3. The minimum atomic E-state index is -0.510. The highest BCUT2D eigenvalue weighted by molar-refractivity contribution is 6.04. The van der Waals surface area contributed by atoms with Gasteiger partial charge in [-0.1, -0.05) is 0 Å². The quantitative estimate of drug-likeness (QED) is 0.336. The Labute approximate surface area is 191 Å². The summed E-state index contributed by atoms with van der Waals surface area (Å²) in [4.78, 5) is 12.8. The first-order valence-corrected chi connectivity index (χ1v) is 11.6. The van der Waals surface area contributed by atoms with Crippen molar-refractivity contribution >= 4 is 28.3 Å². The number of benzene rings is 1. The second kappa shape index (κ2) is 8.22. The third-order valence-corrected chi connectivity index (χ3v) is 6.93. The molecule has 2 saturated carbocycles. The van der Waals surface area contributed by atoms with Gasteiger partial charge in [0.1, 0.15) is 5.75 Å². The SMILES string of the molecule is CCOc1cc2nn([C@H]3CC[C@@](O)(C4CC4)CC3)cc2cc1NC(=O)c1cccc(N)[n+]1O. The Balaban J connectivity index is 1.40. The summed E-state index contributed by atoms with van der Waals surface area (Å²) in [6, 6.07) is 8.47. The molecule has 2 aromatic heterocycles. The lowest BCUT2D eigenvalue weighted by atomic mass is 9.79. The van der Waals surface area contributed by atoms with Gasteiger partial charge in [-0.3, -0.25) is 15.2 Å². The van der Waals surface area contributed by atoms with Gasteiger partial charge < -0.3 is 20.4 Å². The molecule has 33 heavy (non-hydrogen) atoms. The van der Waals surface area contributed by atoms with Gasteiger partial charge in [-0.2, -0.15) is 5.10 Å². The molecule has 2 aliphatic carbocycles. The maximum atomic E-state index is 12.8. The zero-order valence-corrected chi connectivity index (χ0v) is 18.7. The third-order valence-electron chi connectivity index (χ3n) is 6.93. The van der Waals surface area contributed by atoms with E-state index in [1.54, 1.807) is 6.07 Å². The standard InChI is InChI=1S/C24H29N5O4/c1-2-33-21-13-18-15(12-19(21)26-23(30)20-4-3-5-22(25)29(20)32)14-28(27-18)17-8-10-24(31,11-9-17)16-6-7-16/h3-5,12-14,16-17,25,31-32H,2,6-11H2,1H3,(H,26,30)/p+1/t17-,24-. The van der Waals surface area contributed by atoms with Gasteiger partial charge in [-0.15, -0.1) is 0 Å². The predicted octanol–water partition coefficient (Wildman–Crippen LogP) is 3.05. The summed E-state index contributed by atoms with van der Waals surface area (Å²) in [5.74, 6) is 0.533.